The third kappa shape index (κ3) is 5.80. The van der Waals surface area contributed by atoms with Gasteiger partial charge in [0.1, 0.15) is 0 Å². The third-order valence-corrected chi connectivity index (χ3v) is 4.66. The molecule has 1 fully saturated rings. The van der Waals surface area contributed by atoms with Crippen LogP contribution in [0.15, 0.2) is 0 Å². The minimum Gasteiger partial charge on any atom is -0.396 e. The van der Waals surface area contributed by atoms with E-state index in [-0.39, 0.29) is 23.3 Å². The number of carbonyl (C=O) groups is 1. The molecule has 0 bridgehead atoms. The number of aliphatic hydroxyl groups excluding tert-OH is 1. The van der Waals surface area contributed by atoms with Crippen molar-refractivity contribution in [3.63, 3.8) is 0 Å². The molecule has 4 heteroatoms. The summed E-state index contributed by atoms with van der Waals surface area (Å²) in [6, 6.07) is 0. The van der Waals surface area contributed by atoms with Gasteiger partial charge in [-0.25, -0.2) is 0 Å². The summed E-state index contributed by atoms with van der Waals surface area (Å²) >= 11 is 0. The minimum atomic E-state index is 0.0393. The van der Waals surface area contributed by atoms with Gasteiger partial charge in [-0.2, -0.15) is 0 Å². The normalized spacial score (nSPS) is 18.8. The number of amides is 1. The lowest BCUT2D eigenvalue weighted by molar-refractivity contribution is -0.124. The molecule has 1 rings (SSSR count). The summed E-state index contributed by atoms with van der Waals surface area (Å²) in [5.41, 5.74) is 6.01. The molecule has 0 aromatic heterocycles. The van der Waals surface area contributed by atoms with Gasteiger partial charge in [-0.3, -0.25) is 4.79 Å². The maximum Gasteiger partial charge on any atom is 0.220 e. The van der Waals surface area contributed by atoms with Crippen molar-refractivity contribution in [1.82, 2.24) is 5.32 Å². The zero-order valence-corrected chi connectivity index (χ0v) is 13.2. The van der Waals surface area contributed by atoms with E-state index < -0.39 is 0 Å². The fraction of sp³-hybridized carbons (Fsp3) is 0.938. The van der Waals surface area contributed by atoms with E-state index in [0.717, 1.165) is 25.7 Å². The van der Waals surface area contributed by atoms with Gasteiger partial charge in [-0.1, -0.05) is 33.1 Å². The molecule has 0 atom stereocenters. The summed E-state index contributed by atoms with van der Waals surface area (Å²) < 4.78 is 0. The van der Waals surface area contributed by atoms with Gasteiger partial charge in [-0.15, -0.1) is 0 Å². The molecule has 1 aliphatic rings. The van der Waals surface area contributed by atoms with Crippen LogP contribution in [0.1, 0.15) is 65.2 Å². The van der Waals surface area contributed by atoms with Crippen molar-refractivity contribution in [3.05, 3.63) is 0 Å². The summed E-state index contributed by atoms with van der Waals surface area (Å²) in [4.78, 5) is 12.2. The molecule has 0 aromatic carbocycles. The summed E-state index contributed by atoms with van der Waals surface area (Å²) in [5, 5.41) is 12.0. The maximum absolute atomic E-state index is 12.2. The van der Waals surface area contributed by atoms with Crippen molar-refractivity contribution < 1.29 is 9.90 Å². The fourth-order valence-electron chi connectivity index (χ4n) is 3.14. The van der Waals surface area contributed by atoms with Crippen molar-refractivity contribution in [3.8, 4) is 0 Å². The third-order valence-electron chi connectivity index (χ3n) is 4.66. The average Bonchev–Trinajstić information content (AvgIpc) is 2.44. The number of aliphatic hydroxyl groups is 1. The Labute approximate surface area is 123 Å². The molecular weight excluding hydrogens is 252 g/mol. The summed E-state index contributed by atoms with van der Waals surface area (Å²) in [6.07, 6.45) is 8.13. The Morgan fingerprint density at radius 3 is 2.50 bits per heavy atom. The molecule has 0 saturated heterocycles. The zero-order valence-electron chi connectivity index (χ0n) is 13.2. The highest BCUT2D eigenvalue weighted by molar-refractivity contribution is 5.76. The van der Waals surface area contributed by atoms with E-state index >= 15 is 0 Å². The van der Waals surface area contributed by atoms with Gasteiger partial charge in [0.2, 0.25) is 5.91 Å². The van der Waals surface area contributed by atoms with Crippen LogP contribution in [0.4, 0.5) is 0 Å². The molecule has 1 amide bonds. The number of carbonyl (C=O) groups excluding carboxylic acids is 1. The molecule has 0 aromatic rings. The Morgan fingerprint density at radius 2 is 1.95 bits per heavy atom. The van der Waals surface area contributed by atoms with Crippen molar-refractivity contribution in [1.29, 1.82) is 0 Å². The molecule has 0 heterocycles. The average molecular weight is 284 g/mol. The van der Waals surface area contributed by atoms with Crippen LogP contribution in [0.5, 0.6) is 0 Å². The van der Waals surface area contributed by atoms with Crippen LogP contribution in [0.2, 0.25) is 0 Å². The molecule has 20 heavy (non-hydrogen) atoms. The molecule has 0 aliphatic heterocycles. The van der Waals surface area contributed by atoms with Gasteiger partial charge < -0.3 is 16.2 Å². The lowest BCUT2D eigenvalue weighted by Crippen LogP contribution is -2.41. The Bertz CT molecular complexity index is 297. The molecular formula is C16H32N2O2. The van der Waals surface area contributed by atoms with Gasteiger partial charge in [0.05, 0.1) is 0 Å². The van der Waals surface area contributed by atoms with Crippen LogP contribution >= 0.6 is 0 Å². The highest BCUT2D eigenvalue weighted by Gasteiger charge is 2.33. The van der Waals surface area contributed by atoms with Crippen molar-refractivity contribution in [2.45, 2.75) is 65.2 Å². The van der Waals surface area contributed by atoms with Gasteiger partial charge in [0.25, 0.3) is 0 Å². The Hall–Kier alpha value is -0.610. The van der Waals surface area contributed by atoms with Crippen LogP contribution in [0.3, 0.4) is 0 Å². The van der Waals surface area contributed by atoms with E-state index in [4.69, 9.17) is 10.8 Å². The second kappa shape index (κ2) is 7.99. The molecule has 0 spiro atoms. The highest BCUT2D eigenvalue weighted by atomic mass is 16.2. The van der Waals surface area contributed by atoms with Gasteiger partial charge in [0.15, 0.2) is 0 Å². The Morgan fingerprint density at radius 1 is 1.30 bits per heavy atom. The van der Waals surface area contributed by atoms with Crippen LogP contribution < -0.4 is 11.1 Å². The smallest absolute Gasteiger partial charge is 0.220 e. The van der Waals surface area contributed by atoms with E-state index in [1.807, 2.05) is 0 Å². The van der Waals surface area contributed by atoms with Crippen LogP contribution in [0.25, 0.3) is 0 Å². The first-order valence-corrected chi connectivity index (χ1v) is 8.01. The molecule has 118 valence electrons. The lowest BCUT2D eigenvalue weighted by Gasteiger charge is -2.36. The van der Waals surface area contributed by atoms with E-state index in [2.05, 4.69) is 19.2 Å². The molecule has 0 unspecified atom stereocenters. The Balaban J connectivity index is 2.38. The van der Waals surface area contributed by atoms with E-state index in [0.29, 0.717) is 19.5 Å². The zero-order chi connectivity index (χ0) is 15.1. The number of nitrogens with one attached hydrogen (secondary N) is 1. The first-order valence-electron chi connectivity index (χ1n) is 8.01. The lowest BCUT2D eigenvalue weighted by atomic mass is 9.71. The first-order chi connectivity index (χ1) is 9.43. The van der Waals surface area contributed by atoms with Gasteiger partial charge >= 0.3 is 0 Å². The predicted molar refractivity (Wildman–Crippen MR) is 82.3 cm³/mol. The number of hydrogen-bond acceptors (Lipinski definition) is 3. The number of hydrogen-bond donors (Lipinski definition) is 3. The SMILES string of the molecule is CC(C)(CCCO)CNC(=O)CC1(CN)CCCCC1. The summed E-state index contributed by atoms with van der Waals surface area (Å²) in [5.74, 6) is 0.134. The monoisotopic (exact) mass is 284 g/mol. The second-order valence-corrected chi connectivity index (χ2v) is 7.21. The standard InChI is InChI=1S/C16H32N2O2/c1-15(2,7-6-10-19)13-18-14(20)11-16(12-17)8-4-3-5-9-16/h19H,3-13,17H2,1-2H3,(H,18,20). The molecule has 4 nitrogen and oxygen atoms in total. The van der Waals surface area contributed by atoms with E-state index in [1.54, 1.807) is 0 Å². The minimum absolute atomic E-state index is 0.0393. The molecule has 4 N–H and O–H groups in total. The van der Waals surface area contributed by atoms with Crippen LogP contribution in [-0.4, -0.2) is 30.7 Å². The summed E-state index contributed by atoms with van der Waals surface area (Å²) in [6.45, 7) is 5.76. The molecule has 1 aliphatic carbocycles. The Kier molecular flexibility index (Phi) is 6.96. The van der Waals surface area contributed by atoms with Gasteiger partial charge in [0, 0.05) is 19.6 Å². The van der Waals surface area contributed by atoms with Crippen molar-refractivity contribution in [2.75, 3.05) is 19.7 Å². The van der Waals surface area contributed by atoms with E-state index in [9.17, 15) is 4.79 Å². The maximum atomic E-state index is 12.2. The highest BCUT2D eigenvalue weighted by Crippen LogP contribution is 2.38. The fourth-order valence-corrected chi connectivity index (χ4v) is 3.14. The number of rotatable bonds is 8. The first kappa shape index (κ1) is 17.4. The predicted octanol–water partition coefficient (Wildman–Crippen LogP) is 2.20. The van der Waals surface area contributed by atoms with Crippen LogP contribution in [-0.2, 0) is 4.79 Å². The second-order valence-electron chi connectivity index (χ2n) is 7.21. The summed E-state index contributed by atoms with van der Waals surface area (Å²) in [7, 11) is 0. The number of nitrogens with two attached hydrogens (primary N) is 1. The molecule has 1 saturated carbocycles. The van der Waals surface area contributed by atoms with Gasteiger partial charge in [-0.05, 0) is 43.1 Å². The topological polar surface area (TPSA) is 75.3 Å². The van der Waals surface area contributed by atoms with Crippen molar-refractivity contribution >= 4 is 5.91 Å². The van der Waals surface area contributed by atoms with Crippen LogP contribution in [0, 0.1) is 10.8 Å². The van der Waals surface area contributed by atoms with E-state index in [1.165, 1.54) is 19.3 Å². The molecule has 0 radical (unpaired) electrons. The quantitative estimate of drug-likeness (QED) is 0.639. The largest absolute Gasteiger partial charge is 0.396 e. The van der Waals surface area contributed by atoms with Crippen molar-refractivity contribution in [2.24, 2.45) is 16.6 Å².